The molecular weight excluding hydrogens is 407 g/mol. The second-order valence-electron chi connectivity index (χ2n) is 3.40. The fraction of sp³-hybridized carbons (Fsp3) is 0.600. The van der Waals surface area contributed by atoms with Crippen LogP contribution < -0.4 is 5.32 Å². The Kier molecular flexibility index (Phi) is 5.33. The fourth-order valence-electron chi connectivity index (χ4n) is 1.53. The molecule has 1 aliphatic heterocycles. The van der Waals surface area contributed by atoms with Crippen LogP contribution in [-0.2, 0) is 0 Å². The van der Waals surface area contributed by atoms with Gasteiger partial charge in [0.15, 0.2) is 0 Å². The second-order valence-corrected chi connectivity index (χ2v) is 6.63. The van der Waals surface area contributed by atoms with Gasteiger partial charge < -0.3 is 5.32 Å². The van der Waals surface area contributed by atoms with Crippen molar-refractivity contribution in [1.82, 2.24) is 5.32 Å². The summed E-state index contributed by atoms with van der Waals surface area (Å²) in [4.78, 5) is 0. The van der Waals surface area contributed by atoms with Crippen molar-refractivity contribution in [3.8, 4) is 0 Å². The summed E-state index contributed by atoms with van der Waals surface area (Å²) >= 11 is 4.64. The summed E-state index contributed by atoms with van der Waals surface area (Å²) < 4.78 is 13.3. The Labute approximate surface area is 112 Å². The van der Waals surface area contributed by atoms with Gasteiger partial charge in [-0.25, -0.2) is 4.39 Å². The molecule has 0 aromatic carbocycles. The van der Waals surface area contributed by atoms with Crippen LogP contribution in [0, 0.1) is 0 Å². The monoisotopic (exact) mass is 421 g/mol. The van der Waals surface area contributed by atoms with Gasteiger partial charge in [0.25, 0.3) is 0 Å². The third kappa shape index (κ3) is 3.16. The van der Waals surface area contributed by atoms with Gasteiger partial charge in [0.1, 0.15) is 6.67 Å². The molecule has 0 spiro atoms. The summed E-state index contributed by atoms with van der Waals surface area (Å²) in [6.45, 7) is 5.75. The summed E-state index contributed by atoms with van der Waals surface area (Å²) in [6.07, 6.45) is 3.77. The number of alkyl halides is 2. The predicted molar refractivity (Wildman–Crippen MR) is 76.1 cm³/mol. The van der Waals surface area contributed by atoms with E-state index in [1.165, 1.54) is 0 Å². The molecule has 1 heterocycles. The van der Waals surface area contributed by atoms with Crippen LogP contribution in [0.25, 0.3) is 0 Å². The SMILES string of the molecule is C=C(/C(I)=C\CF)C1(I)CCNCC1. The number of piperidine rings is 1. The highest BCUT2D eigenvalue weighted by atomic mass is 127. The third-order valence-electron chi connectivity index (χ3n) is 2.48. The molecule has 0 aliphatic carbocycles. The van der Waals surface area contributed by atoms with E-state index in [0.717, 1.165) is 35.1 Å². The van der Waals surface area contributed by atoms with E-state index in [-0.39, 0.29) is 3.42 Å². The maximum atomic E-state index is 12.2. The first kappa shape index (κ1) is 12.9. The van der Waals surface area contributed by atoms with Gasteiger partial charge in [0.05, 0.1) is 0 Å². The number of hydrogen-bond acceptors (Lipinski definition) is 1. The Morgan fingerprint density at radius 2 is 2.07 bits per heavy atom. The minimum Gasteiger partial charge on any atom is -0.317 e. The van der Waals surface area contributed by atoms with Crippen molar-refractivity contribution in [3.05, 3.63) is 21.8 Å². The van der Waals surface area contributed by atoms with Crippen molar-refractivity contribution in [3.63, 3.8) is 0 Å². The predicted octanol–water partition coefficient (Wildman–Crippen LogP) is 3.39. The van der Waals surface area contributed by atoms with Crippen molar-refractivity contribution in [2.75, 3.05) is 19.8 Å². The molecule has 1 nitrogen and oxygen atoms in total. The normalized spacial score (nSPS) is 22.1. The lowest BCUT2D eigenvalue weighted by atomic mass is 9.90. The van der Waals surface area contributed by atoms with Gasteiger partial charge >= 0.3 is 0 Å². The topological polar surface area (TPSA) is 12.0 Å². The van der Waals surface area contributed by atoms with E-state index in [0.29, 0.717) is 0 Å². The van der Waals surface area contributed by atoms with E-state index in [2.05, 4.69) is 57.1 Å². The Morgan fingerprint density at radius 3 is 2.57 bits per heavy atom. The lowest BCUT2D eigenvalue weighted by molar-refractivity contribution is 0.475. The van der Waals surface area contributed by atoms with Crippen molar-refractivity contribution >= 4 is 45.2 Å². The van der Waals surface area contributed by atoms with E-state index in [4.69, 9.17) is 0 Å². The zero-order valence-electron chi connectivity index (χ0n) is 7.95. The summed E-state index contributed by atoms with van der Waals surface area (Å²) in [5.41, 5.74) is 1.08. The Hall–Kier alpha value is 0.830. The molecule has 0 aromatic rings. The van der Waals surface area contributed by atoms with Crippen LogP contribution in [0.15, 0.2) is 21.8 Å². The van der Waals surface area contributed by atoms with Crippen LogP contribution in [-0.4, -0.2) is 23.2 Å². The highest BCUT2D eigenvalue weighted by Crippen LogP contribution is 2.41. The van der Waals surface area contributed by atoms with Crippen molar-refractivity contribution in [2.45, 2.75) is 16.3 Å². The molecule has 0 unspecified atom stereocenters. The summed E-state index contributed by atoms with van der Waals surface area (Å²) in [5, 5.41) is 3.32. The average Bonchev–Trinajstić information content (AvgIpc) is 2.18. The first-order valence-corrected chi connectivity index (χ1v) is 6.77. The third-order valence-corrected chi connectivity index (χ3v) is 5.30. The number of nitrogens with one attached hydrogen (secondary N) is 1. The van der Waals surface area contributed by atoms with Gasteiger partial charge in [-0.1, -0.05) is 29.2 Å². The van der Waals surface area contributed by atoms with E-state index >= 15 is 0 Å². The maximum Gasteiger partial charge on any atom is 0.109 e. The zero-order chi connectivity index (χ0) is 10.6. The zero-order valence-corrected chi connectivity index (χ0v) is 12.3. The minimum atomic E-state index is -0.401. The average molecular weight is 421 g/mol. The van der Waals surface area contributed by atoms with Gasteiger partial charge in [0, 0.05) is 7.00 Å². The molecule has 0 amide bonds. The molecule has 14 heavy (non-hydrogen) atoms. The van der Waals surface area contributed by atoms with Gasteiger partial charge in [-0.2, -0.15) is 0 Å². The van der Waals surface area contributed by atoms with E-state index in [1.807, 2.05) is 0 Å². The van der Waals surface area contributed by atoms with Crippen LogP contribution in [0.3, 0.4) is 0 Å². The molecule has 80 valence electrons. The maximum absolute atomic E-state index is 12.2. The fourth-order valence-corrected chi connectivity index (χ4v) is 3.56. The Bertz CT molecular complexity index is 245. The van der Waals surface area contributed by atoms with Crippen LogP contribution in [0.2, 0.25) is 0 Å². The highest BCUT2D eigenvalue weighted by Gasteiger charge is 2.32. The Morgan fingerprint density at radius 1 is 1.50 bits per heavy atom. The van der Waals surface area contributed by atoms with Crippen molar-refractivity contribution in [1.29, 1.82) is 0 Å². The standard InChI is InChI=1S/C10H14FI2N/c1-8(9(12)2-5-11)10(13)3-6-14-7-4-10/h2,14H,1,3-7H2/b9-2+. The van der Waals surface area contributed by atoms with Gasteiger partial charge in [-0.3, -0.25) is 0 Å². The van der Waals surface area contributed by atoms with Crippen LogP contribution >= 0.6 is 45.2 Å². The first-order valence-electron chi connectivity index (χ1n) is 4.61. The Balaban J connectivity index is 2.71. The smallest absolute Gasteiger partial charge is 0.109 e. The molecule has 0 atom stereocenters. The van der Waals surface area contributed by atoms with Crippen molar-refractivity contribution < 1.29 is 4.39 Å². The van der Waals surface area contributed by atoms with Gasteiger partial charge in [-0.15, -0.1) is 0 Å². The molecular formula is C10H14FI2N. The molecule has 1 rings (SSSR count). The summed E-state index contributed by atoms with van der Waals surface area (Å²) in [7, 11) is 0. The van der Waals surface area contributed by atoms with Crippen LogP contribution in [0.5, 0.6) is 0 Å². The van der Waals surface area contributed by atoms with E-state index in [1.54, 1.807) is 6.08 Å². The van der Waals surface area contributed by atoms with Gasteiger partial charge in [-0.05, 0) is 60.2 Å². The number of hydrogen-bond donors (Lipinski definition) is 1. The lowest BCUT2D eigenvalue weighted by Crippen LogP contribution is -2.38. The van der Waals surface area contributed by atoms with Gasteiger partial charge in [0.2, 0.25) is 0 Å². The van der Waals surface area contributed by atoms with Crippen LogP contribution in [0.4, 0.5) is 4.39 Å². The molecule has 0 radical (unpaired) electrons. The lowest BCUT2D eigenvalue weighted by Gasteiger charge is -2.34. The van der Waals surface area contributed by atoms with Crippen molar-refractivity contribution in [2.24, 2.45) is 0 Å². The number of rotatable bonds is 3. The molecule has 0 saturated carbocycles. The molecule has 0 bridgehead atoms. The molecule has 1 fully saturated rings. The van der Waals surface area contributed by atoms with E-state index in [9.17, 15) is 4.39 Å². The highest BCUT2D eigenvalue weighted by molar-refractivity contribution is 14.1. The second kappa shape index (κ2) is 5.79. The first-order chi connectivity index (χ1) is 6.60. The number of allylic oxidation sites excluding steroid dienone is 3. The molecule has 1 aliphatic rings. The quantitative estimate of drug-likeness (QED) is 0.419. The molecule has 0 aromatic heterocycles. The number of halogens is 3. The van der Waals surface area contributed by atoms with Crippen LogP contribution in [0.1, 0.15) is 12.8 Å². The molecule has 4 heteroatoms. The minimum absolute atomic E-state index is 0.130. The molecule has 1 N–H and O–H groups in total. The molecule has 1 saturated heterocycles. The largest absolute Gasteiger partial charge is 0.317 e. The van der Waals surface area contributed by atoms with E-state index < -0.39 is 6.67 Å². The summed E-state index contributed by atoms with van der Waals surface area (Å²) in [6, 6.07) is 0. The summed E-state index contributed by atoms with van der Waals surface area (Å²) in [5.74, 6) is 0.